The van der Waals surface area contributed by atoms with Gasteiger partial charge in [0.2, 0.25) is 11.7 Å². The SMILES string of the molecule is O=C(c1ccc(-n2cccn2)cc1)N1CCCC(c2nc(-c3cccc(F)c3)no2)C1. The van der Waals surface area contributed by atoms with Crippen molar-refractivity contribution in [3.63, 3.8) is 0 Å². The zero-order valence-electron chi connectivity index (χ0n) is 16.7. The normalized spacial score (nSPS) is 16.4. The van der Waals surface area contributed by atoms with Crippen LogP contribution >= 0.6 is 0 Å². The van der Waals surface area contributed by atoms with Crippen LogP contribution in [0, 0.1) is 5.82 Å². The van der Waals surface area contributed by atoms with Crippen LogP contribution in [0.4, 0.5) is 4.39 Å². The Hall–Kier alpha value is -3.81. The van der Waals surface area contributed by atoms with E-state index in [1.165, 1.54) is 12.1 Å². The van der Waals surface area contributed by atoms with Gasteiger partial charge in [0.05, 0.1) is 11.6 Å². The molecule has 0 spiro atoms. The fourth-order valence-electron chi connectivity index (χ4n) is 3.87. The molecule has 7 nitrogen and oxygen atoms in total. The van der Waals surface area contributed by atoms with Gasteiger partial charge in [0, 0.05) is 36.6 Å². The predicted octanol–water partition coefficient (Wildman–Crippen LogP) is 4.08. The Kier molecular flexibility index (Phi) is 5.03. The van der Waals surface area contributed by atoms with Gasteiger partial charge in [0.25, 0.3) is 5.91 Å². The fourth-order valence-corrected chi connectivity index (χ4v) is 3.87. The first-order chi connectivity index (χ1) is 15.2. The molecule has 0 radical (unpaired) electrons. The molecule has 8 heteroatoms. The number of piperidine rings is 1. The summed E-state index contributed by atoms with van der Waals surface area (Å²) in [5.74, 6) is 0.409. The third-order valence-corrected chi connectivity index (χ3v) is 5.47. The van der Waals surface area contributed by atoms with Crippen LogP contribution in [0.3, 0.4) is 0 Å². The van der Waals surface area contributed by atoms with Crippen LogP contribution < -0.4 is 0 Å². The van der Waals surface area contributed by atoms with E-state index in [-0.39, 0.29) is 17.6 Å². The summed E-state index contributed by atoms with van der Waals surface area (Å²) in [4.78, 5) is 19.3. The summed E-state index contributed by atoms with van der Waals surface area (Å²) in [7, 11) is 0. The Morgan fingerprint density at radius 2 is 2.00 bits per heavy atom. The second-order valence-corrected chi connectivity index (χ2v) is 7.55. The first-order valence-electron chi connectivity index (χ1n) is 10.2. The second-order valence-electron chi connectivity index (χ2n) is 7.55. The molecule has 0 aliphatic carbocycles. The highest BCUT2D eigenvalue weighted by Gasteiger charge is 2.29. The molecule has 1 saturated heterocycles. The molecule has 2 aromatic carbocycles. The van der Waals surface area contributed by atoms with Gasteiger partial charge in [-0.25, -0.2) is 9.07 Å². The number of rotatable bonds is 4. The molecule has 4 aromatic rings. The predicted molar refractivity (Wildman–Crippen MR) is 111 cm³/mol. The number of carbonyl (C=O) groups is 1. The van der Waals surface area contributed by atoms with Gasteiger partial charge in [-0.15, -0.1) is 0 Å². The van der Waals surface area contributed by atoms with Crippen molar-refractivity contribution < 1.29 is 13.7 Å². The van der Waals surface area contributed by atoms with Crippen LogP contribution in [0.25, 0.3) is 17.1 Å². The first-order valence-corrected chi connectivity index (χ1v) is 10.2. The standard InChI is InChI=1S/C23H20FN5O2/c24-19-6-1-4-17(14-19)21-26-22(31-27-21)18-5-2-12-28(15-18)23(30)16-7-9-20(10-8-16)29-13-3-11-25-29/h1,3-4,6-11,13-14,18H,2,5,12,15H2. The lowest BCUT2D eigenvalue weighted by atomic mass is 9.97. The molecule has 1 atom stereocenters. The zero-order chi connectivity index (χ0) is 21.2. The highest BCUT2D eigenvalue weighted by Crippen LogP contribution is 2.28. The molecule has 1 unspecified atom stereocenters. The Balaban J connectivity index is 1.30. The third-order valence-electron chi connectivity index (χ3n) is 5.47. The number of carbonyl (C=O) groups excluding carboxylic acids is 1. The average molecular weight is 417 g/mol. The van der Waals surface area contributed by atoms with E-state index in [0.29, 0.717) is 35.9 Å². The summed E-state index contributed by atoms with van der Waals surface area (Å²) in [6.45, 7) is 1.19. The number of aromatic nitrogens is 4. The van der Waals surface area contributed by atoms with Gasteiger partial charge in [-0.1, -0.05) is 17.3 Å². The van der Waals surface area contributed by atoms with Crippen molar-refractivity contribution in [3.05, 3.63) is 84.3 Å². The zero-order valence-corrected chi connectivity index (χ0v) is 16.7. The Bertz CT molecular complexity index is 1190. The van der Waals surface area contributed by atoms with Crippen LogP contribution in [-0.4, -0.2) is 43.8 Å². The Morgan fingerprint density at radius 1 is 1.13 bits per heavy atom. The summed E-state index contributed by atoms with van der Waals surface area (Å²) < 4.78 is 20.7. The molecule has 31 heavy (non-hydrogen) atoms. The molecule has 0 bridgehead atoms. The Morgan fingerprint density at radius 3 is 2.77 bits per heavy atom. The fraction of sp³-hybridized carbons (Fsp3) is 0.217. The molecule has 1 amide bonds. The molecule has 0 saturated carbocycles. The summed E-state index contributed by atoms with van der Waals surface area (Å²) in [6, 6.07) is 15.3. The minimum absolute atomic E-state index is 0.0263. The van der Waals surface area contributed by atoms with Gasteiger partial charge in [-0.2, -0.15) is 10.1 Å². The quantitative estimate of drug-likeness (QED) is 0.500. The van der Waals surface area contributed by atoms with Gasteiger partial charge in [0.15, 0.2) is 0 Å². The van der Waals surface area contributed by atoms with E-state index < -0.39 is 0 Å². The van der Waals surface area contributed by atoms with E-state index in [1.54, 1.807) is 23.0 Å². The maximum atomic E-state index is 13.5. The van der Waals surface area contributed by atoms with Crippen molar-refractivity contribution in [2.75, 3.05) is 13.1 Å². The van der Waals surface area contributed by atoms with Crippen LogP contribution in [0.5, 0.6) is 0 Å². The highest BCUT2D eigenvalue weighted by atomic mass is 19.1. The minimum Gasteiger partial charge on any atom is -0.339 e. The summed E-state index contributed by atoms with van der Waals surface area (Å²) >= 11 is 0. The smallest absolute Gasteiger partial charge is 0.253 e. The van der Waals surface area contributed by atoms with Crippen LogP contribution in [0.2, 0.25) is 0 Å². The number of halogens is 1. The largest absolute Gasteiger partial charge is 0.339 e. The lowest BCUT2D eigenvalue weighted by molar-refractivity contribution is 0.0695. The van der Waals surface area contributed by atoms with Gasteiger partial charge < -0.3 is 9.42 Å². The molecule has 2 aromatic heterocycles. The van der Waals surface area contributed by atoms with E-state index in [9.17, 15) is 9.18 Å². The van der Waals surface area contributed by atoms with Gasteiger partial charge in [-0.3, -0.25) is 4.79 Å². The molecule has 5 rings (SSSR count). The number of likely N-dealkylation sites (tertiary alicyclic amines) is 1. The number of hydrogen-bond acceptors (Lipinski definition) is 5. The third kappa shape index (κ3) is 3.96. The topological polar surface area (TPSA) is 77.1 Å². The molecule has 156 valence electrons. The second kappa shape index (κ2) is 8.14. The minimum atomic E-state index is -0.350. The Labute approximate surface area is 178 Å². The van der Waals surface area contributed by atoms with Crippen molar-refractivity contribution in [1.29, 1.82) is 0 Å². The lowest BCUT2D eigenvalue weighted by Crippen LogP contribution is -2.39. The average Bonchev–Trinajstić information content (AvgIpc) is 3.52. The van der Waals surface area contributed by atoms with E-state index in [1.807, 2.05) is 41.4 Å². The van der Waals surface area contributed by atoms with Crippen molar-refractivity contribution >= 4 is 5.91 Å². The van der Waals surface area contributed by atoms with E-state index in [2.05, 4.69) is 15.2 Å². The highest BCUT2D eigenvalue weighted by molar-refractivity contribution is 5.94. The van der Waals surface area contributed by atoms with Crippen molar-refractivity contribution in [3.8, 4) is 17.1 Å². The van der Waals surface area contributed by atoms with E-state index in [4.69, 9.17) is 4.52 Å². The molecular formula is C23H20FN5O2. The summed E-state index contributed by atoms with van der Waals surface area (Å²) in [5.41, 5.74) is 2.09. The molecular weight excluding hydrogens is 397 g/mol. The van der Waals surface area contributed by atoms with Gasteiger partial charge >= 0.3 is 0 Å². The van der Waals surface area contributed by atoms with Crippen LogP contribution in [-0.2, 0) is 0 Å². The molecule has 1 fully saturated rings. The summed E-state index contributed by atoms with van der Waals surface area (Å²) in [6.07, 6.45) is 5.27. The van der Waals surface area contributed by atoms with E-state index >= 15 is 0 Å². The maximum Gasteiger partial charge on any atom is 0.253 e. The van der Waals surface area contributed by atoms with Crippen molar-refractivity contribution in [2.24, 2.45) is 0 Å². The maximum absolute atomic E-state index is 13.5. The molecule has 0 N–H and O–H groups in total. The van der Waals surface area contributed by atoms with Gasteiger partial charge in [-0.05, 0) is 55.3 Å². The molecule has 3 heterocycles. The van der Waals surface area contributed by atoms with Gasteiger partial charge in [0.1, 0.15) is 5.82 Å². The van der Waals surface area contributed by atoms with E-state index in [0.717, 1.165) is 18.5 Å². The lowest BCUT2D eigenvalue weighted by Gasteiger charge is -2.31. The molecule has 1 aliphatic rings. The number of amides is 1. The van der Waals surface area contributed by atoms with Crippen LogP contribution in [0.15, 0.2) is 71.5 Å². The molecule has 1 aliphatic heterocycles. The summed E-state index contributed by atoms with van der Waals surface area (Å²) in [5, 5.41) is 8.20. The van der Waals surface area contributed by atoms with Crippen LogP contribution in [0.1, 0.15) is 35.0 Å². The van der Waals surface area contributed by atoms with Crippen molar-refractivity contribution in [1.82, 2.24) is 24.8 Å². The first kappa shape index (κ1) is 19.2. The monoisotopic (exact) mass is 417 g/mol. The number of hydrogen-bond donors (Lipinski definition) is 0. The number of nitrogens with zero attached hydrogens (tertiary/aromatic N) is 5. The number of benzene rings is 2. The van der Waals surface area contributed by atoms with Crippen molar-refractivity contribution in [2.45, 2.75) is 18.8 Å².